The van der Waals surface area contributed by atoms with Crippen molar-refractivity contribution in [1.29, 1.82) is 0 Å². The Balaban J connectivity index is 2.51. The summed E-state index contributed by atoms with van der Waals surface area (Å²) in [6.45, 7) is 10.4. The number of aliphatic hydroxyl groups is 1. The predicted molar refractivity (Wildman–Crippen MR) is 70.4 cm³/mol. The van der Waals surface area contributed by atoms with Gasteiger partial charge in [-0.05, 0) is 58.4 Å². The molecular weight excluding hydrogens is 196 g/mol. The van der Waals surface area contributed by atoms with Gasteiger partial charge in [0.15, 0.2) is 0 Å². The van der Waals surface area contributed by atoms with Crippen molar-refractivity contribution in [3.05, 3.63) is 35.5 Å². The van der Waals surface area contributed by atoms with Crippen molar-refractivity contribution in [3.8, 4) is 0 Å². The minimum atomic E-state index is -0.644. The monoisotopic (exact) mass is 220 g/mol. The SMILES string of the molecule is C=C(CCC=C(C)C)[C@]1(O)CC=C(C)CC1. The van der Waals surface area contributed by atoms with Crippen molar-refractivity contribution in [2.75, 3.05) is 0 Å². The van der Waals surface area contributed by atoms with Crippen molar-refractivity contribution in [2.45, 2.75) is 58.5 Å². The maximum absolute atomic E-state index is 10.5. The molecule has 1 N–H and O–H groups in total. The molecule has 16 heavy (non-hydrogen) atoms. The normalized spacial score (nSPS) is 24.9. The average molecular weight is 220 g/mol. The highest BCUT2D eigenvalue weighted by Crippen LogP contribution is 2.34. The Morgan fingerprint density at radius 3 is 2.75 bits per heavy atom. The van der Waals surface area contributed by atoms with E-state index < -0.39 is 5.60 Å². The first kappa shape index (κ1) is 13.2. The molecule has 0 unspecified atom stereocenters. The van der Waals surface area contributed by atoms with Crippen LogP contribution in [-0.4, -0.2) is 10.7 Å². The van der Waals surface area contributed by atoms with Crippen LogP contribution in [0.25, 0.3) is 0 Å². The fourth-order valence-corrected chi connectivity index (χ4v) is 2.04. The number of allylic oxidation sites excluding steroid dienone is 3. The minimum Gasteiger partial charge on any atom is -0.385 e. The molecule has 1 aliphatic carbocycles. The lowest BCUT2D eigenvalue weighted by Crippen LogP contribution is -2.32. The van der Waals surface area contributed by atoms with Gasteiger partial charge in [0.05, 0.1) is 5.60 Å². The highest BCUT2D eigenvalue weighted by atomic mass is 16.3. The van der Waals surface area contributed by atoms with Crippen LogP contribution in [0.2, 0.25) is 0 Å². The Labute approximate surface area is 99.6 Å². The summed E-state index contributed by atoms with van der Waals surface area (Å²) < 4.78 is 0. The van der Waals surface area contributed by atoms with Crippen LogP contribution in [0.15, 0.2) is 35.5 Å². The lowest BCUT2D eigenvalue weighted by atomic mass is 9.79. The van der Waals surface area contributed by atoms with Gasteiger partial charge in [0.1, 0.15) is 0 Å². The molecule has 0 spiro atoms. The fourth-order valence-electron chi connectivity index (χ4n) is 2.04. The molecule has 0 bridgehead atoms. The lowest BCUT2D eigenvalue weighted by molar-refractivity contribution is 0.0645. The van der Waals surface area contributed by atoms with Crippen LogP contribution in [0.4, 0.5) is 0 Å². The molecular formula is C15H24O. The minimum absolute atomic E-state index is 0.644. The van der Waals surface area contributed by atoms with Gasteiger partial charge in [-0.25, -0.2) is 0 Å². The Morgan fingerprint density at radius 2 is 2.25 bits per heavy atom. The molecule has 0 fully saturated rings. The van der Waals surface area contributed by atoms with Gasteiger partial charge in [0, 0.05) is 0 Å². The van der Waals surface area contributed by atoms with E-state index in [4.69, 9.17) is 0 Å². The highest BCUT2D eigenvalue weighted by molar-refractivity contribution is 5.21. The van der Waals surface area contributed by atoms with Gasteiger partial charge in [-0.15, -0.1) is 0 Å². The average Bonchev–Trinajstić information content (AvgIpc) is 2.22. The first-order valence-electron chi connectivity index (χ1n) is 6.14. The van der Waals surface area contributed by atoms with Crippen molar-refractivity contribution >= 4 is 0 Å². The standard InChI is InChI=1S/C15H24O/c1-12(2)6-5-7-14(4)15(16)10-8-13(3)9-11-15/h6,8,16H,4-5,7,9-11H2,1-3H3/t15-/m0/s1. The first-order valence-corrected chi connectivity index (χ1v) is 6.14. The maximum atomic E-state index is 10.5. The summed E-state index contributed by atoms with van der Waals surface area (Å²) >= 11 is 0. The van der Waals surface area contributed by atoms with Crippen LogP contribution >= 0.6 is 0 Å². The predicted octanol–water partition coefficient (Wildman–Crippen LogP) is 4.15. The van der Waals surface area contributed by atoms with E-state index in [-0.39, 0.29) is 0 Å². The summed E-state index contributed by atoms with van der Waals surface area (Å²) in [7, 11) is 0. The van der Waals surface area contributed by atoms with Crippen LogP contribution in [0.3, 0.4) is 0 Å². The molecule has 0 aromatic carbocycles. The molecule has 0 saturated carbocycles. The number of hydrogen-bond acceptors (Lipinski definition) is 1. The molecule has 0 heterocycles. The molecule has 1 aliphatic rings. The zero-order chi connectivity index (χ0) is 12.2. The largest absolute Gasteiger partial charge is 0.385 e. The number of hydrogen-bond donors (Lipinski definition) is 1. The zero-order valence-electron chi connectivity index (χ0n) is 10.8. The Hall–Kier alpha value is -0.820. The fraction of sp³-hybridized carbons (Fsp3) is 0.600. The van der Waals surface area contributed by atoms with Crippen molar-refractivity contribution < 1.29 is 5.11 Å². The van der Waals surface area contributed by atoms with Crippen LogP contribution in [-0.2, 0) is 0 Å². The van der Waals surface area contributed by atoms with Gasteiger partial charge in [-0.2, -0.15) is 0 Å². The second-order valence-corrected chi connectivity index (χ2v) is 5.21. The third-order valence-corrected chi connectivity index (χ3v) is 3.38. The maximum Gasteiger partial charge on any atom is 0.0891 e. The van der Waals surface area contributed by atoms with Gasteiger partial charge in [-0.3, -0.25) is 0 Å². The zero-order valence-corrected chi connectivity index (χ0v) is 10.8. The van der Waals surface area contributed by atoms with Crippen LogP contribution in [0, 0.1) is 0 Å². The molecule has 1 rings (SSSR count). The van der Waals surface area contributed by atoms with Crippen molar-refractivity contribution in [2.24, 2.45) is 0 Å². The van der Waals surface area contributed by atoms with Crippen LogP contribution < -0.4 is 0 Å². The van der Waals surface area contributed by atoms with E-state index in [0.29, 0.717) is 0 Å². The smallest absolute Gasteiger partial charge is 0.0891 e. The topological polar surface area (TPSA) is 20.2 Å². The van der Waals surface area contributed by atoms with E-state index in [2.05, 4.69) is 39.5 Å². The van der Waals surface area contributed by atoms with Crippen molar-refractivity contribution in [3.63, 3.8) is 0 Å². The van der Waals surface area contributed by atoms with Crippen molar-refractivity contribution in [1.82, 2.24) is 0 Å². The molecule has 1 heteroatoms. The third kappa shape index (κ3) is 3.64. The molecule has 0 amide bonds. The second kappa shape index (κ2) is 5.49. The van der Waals surface area contributed by atoms with Gasteiger partial charge in [0.25, 0.3) is 0 Å². The molecule has 0 aromatic rings. The van der Waals surface area contributed by atoms with E-state index in [9.17, 15) is 5.11 Å². The molecule has 0 aliphatic heterocycles. The van der Waals surface area contributed by atoms with E-state index in [1.54, 1.807) is 0 Å². The molecule has 90 valence electrons. The van der Waals surface area contributed by atoms with Gasteiger partial charge in [0.2, 0.25) is 0 Å². The summed E-state index contributed by atoms with van der Waals surface area (Å²) in [5.74, 6) is 0. The summed E-state index contributed by atoms with van der Waals surface area (Å²) in [6, 6.07) is 0. The molecule has 1 atom stereocenters. The molecule has 0 saturated heterocycles. The second-order valence-electron chi connectivity index (χ2n) is 5.21. The Kier molecular flexibility index (Phi) is 4.55. The quantitative estimate of drug-likeness (QED) is 0.706. The van der Waals surface area contributed by atoms with Gasteiger partial charge < -0.3 is 5.11 Å². The highest BCUT2D eigenvalue weighted by Gasteiger charge is 2.30. The number of rotatable bonds is 4. The summed E-state index contributed by atoms with van der Waals surface area (Å²) in [5, 5.41) is 10.5. The van der Waals surface area contributed by atoms with Crippen LogP contribution in [0.1, 0.15) is 52.9 Å². The van der Waals surface area contributed by atoms with E-state index in [1.165, 1.54) is 11.1 Å². The third-order valence-electron chi connectivity index (χ3n) is 3.38. The summed E-state index contributed by atoms with van der Waals surface area (Å²) in [5.41, 5.74) is 3.07. The summed E-state index contributed by atoms with van der Waals surface area (Å²) in [4.78, 5) is 0. The molecule has 1 nitrogen and oxygen atoms in total. The lowest BCUT2D eigenvalue weighted by Gasteiger charge is -2.33. The Bertz CT molecular complexity index is 318. The Morgan fingerprint density at radius 1 is 1.56 bits per heavy atom. The van der Waals surface area contributed by atoms with Gasteiger partial charge >= 0.3 is 0 Å². The van der Waals surface area contributed by atoms with E-state index in [1.807, 2.05) is 0 Å². The van der Waals surface area contributed by atoms with Crippen LogP contribution in [0.5, 0.6) is 0 Å². The van der Waals surface area contributed by atoms with E-state index >= 15 is 0 Å². The van der Waals surface area contributed by atoms with E-state index in [0.717, 1.165) is 37.7 Å². The van der Waals surface area contributed by atoms with Gasteiger partial charge in [-0.1, -0.05) is 29.9 Å². The first-order chi connectivity index (χ1) is 7.44. The molecule has 0 aromatic heterocycles. The summed E-state index contributed by atoms with van der Waals surface area (Å²) in [6.07, 6.45) is 8.82. The molecule has 0 radical (unpaired) electrons.